The Balaban J connectivity index is 1.09. The summed E-state index contributed by atoms with van der Waals surface area (Å²) in [4.78, 5) is 22.9. The van der Waals surface area contributed by atoms with Gasteiger partial charge in [-0.05, 0) is 55.1 Å². The van der Waals surface area contributed by atoms with Crippen molar-refractivity contribution >= 4 is 27.5 Å². The molecule has 4 aromatic rings. The number of nitrogens with one attached hydrogen (secondary N) is 1. The summed E-state index contributed by atoms with van der Waals surface area (Å²) in [7, 11) is 0. The maximum Gasteiger partial charge on any atom is 0.252 e. The number of rotatable bonds is 7. The van der Waals surface area contributed by atoms with Gasteiger partial charge in [0.25, 0.3) is 5.88 Å². The van der Waals surface area contributed by atoms with Crippen LogP contribution in [-0.4, -0.2) is 54.2 Å². The number of anilines is 1. The topological polar surface area (TPSA) is 61.5 Å². The average molecular weight is 465 g/mol. The van der Waals surface area contributed by atoms with E-state index >= 15 is 0 Å². The summed E-state index contributed by atoms with van der Waals surface area (Å²) in [6.07, 6.45) is 1.69. The molecule has 2 aromatic heterocycles. The Hall–Kier alpha value is -3.52. The molecule has 1 N–H and O–H groups in total. The van der Waals surface area contributed by atoms with Crippen LogP contribution in [0, 0.1) is 11.6 Å². The van der Waals surface area contributed by atoms with Gasteiger partial charge in [-0.1, -0.05) is 18.2 Å². The Morgan fingerprint density at radius 1 is 0.941 bits per heavy atom. The highest BCUT2D eigenvalue weighted by Gasteiger charge is 2.18. The maximum absolute atomic E-state index is 14.2. The van der Waals surface area contributed by atoms with Gasteiger partial charge in [0.2, 0.25) is 5.56 Å². The Labute approximate surface area is 195 Å². The zero-order valence-electron chi connectivity index (χ0n) is 18.8. The molecule has 1 saturated heterocycles. The van der Waals surface area contributed by atoms with Gasteiger partial charge in [0, 0.05) is 48.7 Å². The molecule has 0 bridgehead atoms. The number of benzene rings is 2. The molecule has 0 amide bonds. The van der Waals surface area contributed by atoms with Gasteiger partial charge >= 0.3 is 0 Å². The SMILES string of the molecule is O=c1ccc2cc(F)c(OCCCCN3CCN(c4cccc5ccc(F)cc45)CC3)nc2[nH]1. The van der Waals surface area contributed by atoms with Crippen LogP contribution in [-0.2, 0) is 0 Å². The Kier molecular flexibility index (Phi) is 6.40. The largest absolute Gasteiger partial charge is 0.476 e. The number of aromatic amines is 1. The Bertz CT molecular complexity index is 1370. The smallest absolute Gasteiger partial charge is 0.252 e. The predicted octanol–water partition coefficient (Wildman–Crippen LogP) is 4.34. The van der Waals surface area contributed by atoms with Crippen molar-refractivity contribution in [1.82, 2.24) is 14.9 Å². The standard InChI is InChI=1S/C26H26F2N4O2/c27-20-8-6-18-4-3-5-23(21(18)17-20)32-13-11-31(12-14-32)10-1-2-15-34-26-22(28)16-19-7-9-24(33)29-25(19)30-26/h3-9,16-17H,1-2,10-15H2,(H,29,30,33). The summed E-state index contributed by atoms with van der Waals surface area (Å²) in [5.74, 6) is -0.841. The fourth-order valence-electron chi connectivity index (χ4n) is 4.46. The van der Waals surface area contributed by atoms with E-state index in [1.165, 1.54) is 24.3 Å². The van der Waals surface area contributed by atoms with Crippen LogP contribution in [0.3, 0.4) is 0 Å². The molecule has 6 nitrogen and oxygen atoms in total. The molecule has 0 spiro atoms. The molecule has 0 aliphatic carbocycles. The minimum atomic E-state index is -0.538. The van der Waals surface area contributed by atoms with Crippen molar-refractivity contribution in [3.05, 3.63) is 76.6 Å². The van der Waals surface area contributed by atoms with Crippen LogP contribution in [0.4, 0.5) is 14.5 Å². The van der Waals surface area contributed by atoms with Crippen LogP contribution >= 0.6 is 0 Å². The number of piperazine rings is 1. The summed E-state index contributed by atoms with van der Waals surface area (Å²) < 4.78 is 33.5. The molecule has 1 aliphatic heterocycles. The number of hydrogen-bond acceptors (Lipinski definition) is 5. The van der Waals surface area contributed by atoms with Crippen LogP contribution in [0.1, 0.15) is 12.8 Å². The highest BCUT2D eigenvalue weighted by Crippen LogP contribution is 2.28. The van der Waals surface area contributed by atoms with Crippen LogP contribution in [0.25, 0.3) is 21.8 Å². The van der Waals surface area contributed by atoms with E-state index in [4.69, 9.17) is 4.74 Å². The van der Waals surface area contributed by atoms with Gasteiger partial charge in [0.1, 0.15) is 11.5 Å². The van der Waals surface area contributed by atoms with E-state index in [-0.39, 0.29) is 17.3 Å². The number of ether oxygens (including phenoxy) is 1. The van der Waals surface area contributed by atoms with Gasteiger partial charge in [-0.2, -0.15) is 4.98 Å². The van der Waals surface area contributed by atoms with E-state index < -0.39 is 5.82 Å². The number of nitrogens with zero attached hydrogens (tertiary/aromatic N) is 3. The van der Waals surface area contributed by atoms with Gasteiger partial charge in [-0.15, -0.1) is 0 Å². The fourth-order valence-corrected chi connectivity index (χ4v) is 4.46. The lowest BCUT2D eigenvalue weighted by atomic mass is 10.1. The molecule has 34 heavy (non-hydrogen) atoms. The first-order chi connectivity index (χ1) is 16.6. The number of pyridine rings is 2. The number of H-pyrrole nitrogens is 1. The van der Waals surface area contributed by atoms with Gasteiger partial charge < -0.3 is 14.6 Å². The van der Waals surface area contributed by atoms with Crippen molar-refractivity contribution in [3.63, 3.8) is 0 Å². The molecule has 2 aromatic carbocycles. The van der Waals surface area contributed by atoms with Crippen LogP contribution in [0.5, 0.6) is 5.88 Å². The van der Waals surface area contributed by atoms with E-state index in [0.29, 0.717) is 17.6 Å². The van der Waals surface area contributed by atoms with Crippen molar-refractivity contribution in [3.8, 4) is 5.88 Å². The minimum absolute atomic E-state index is 0.0884. The average Bonchev–Trinajstić information content (AvgIpc) is 2.84. The van der Waals surface area contributed by atoms with Gasteiger partial charge in [-0.25, -0.2) is 8.78 Å². The summed E-state index contributed by atoms with van der Waals surface area (Å²) in [5.41, 5.74) is 1.11. The first-order valence-electron chi connectivity index (χ1n) is 11.5. The lowest BCUT2D eigenvalue weighted by Gasteiger charge is -2.36. The summed E-state index contributed by atoms with van der Waals surface area (Å²) in [6, 6.07) is 15.2. The summed E-state index contributed by atoms with van der Waals surface area (Å²) in [5, 5.41) is 2.52. The van der Waals surface area contributed by atoms with Crippen molar-refractivity contribution in [2.75, 3.05) is 44.2 Å². The fraction of sp³-hybridized carbons (Fsp3) is 0.308. The molecule has 5 rings (SSSR count). The number of unbranched alkanes of at least 4 members (excludes halogenated alkanes) is 1. The molecular formula is C26H26F2N4O2. The van der Waals surface area contributed by atoms with E-state index in [1.807, 2.05) is 18.2 Å². The van der Waals surface area contributed by atoms with Crippen molar-refractivity contribution in [2.24, 2.45) is 0 Å². The summed E-state index contributed by atoms with van der Waals surface area (Å²) in [6.45, 7) is 4.92. The van der Waals surface area contributed by atoms with Gasteiger partial charge in [-0.3, -0.25) is 9.69 Å². The van der Waals surface area contributed by atoms with Crippen LogP contribution in [0.2, 0.25) is 0 Å². The van der Waals surface area contributed by atoms with E-state index in [0.717, 1.165) is 62.0 Å². The first kappa shape index (κ1) is 22.3. The Morgan fingerprint density at radius 2 is 1.76 bits per heavy atom. The van der Waals surface area contributed by atoms with Gasteiger partial charge in [0.15, 0.2) is 5.82 Å². The quantitative estimate of drug-likeness (QED) is 0.413. The monoisotopic (exact) mass is 464 g/mol. The lowest BCUT2D eigenvalue weighted by molar-refractivity contribution is 0.233. The third-order valence-electron chi connectivity index (χ3n) is 6.27. The normalized spacial score (nSPS) is 14.7. The van der Waals surface area contributed by atoms with Gasteiger partial charge in [0.05, 0.1) is 6.61 Å². The van der Waals surface area contributed by atoms with Crippen LogP contribution in [0.15, 0.2) is 59.4 Å². The lowest BCUT2D eigenvalue weighted by Crippen LogP contribution is -2.46. The molecule has 0 atom stereocenters. The molecule has 8 heteroatoms. The molecule has 0 saturated carbocycles. The molecule has 3 heterocycles. The molecule has 0 radical (unpaired) electrons. The number of halogens is 2. The van der Waals surface area contributed by atoms with E-state index in [2.05, 4.69) is 25.8 Å². The third kappa shape index (κ3) is 4.87. The predicted molar refractivity (Wildman–Crippen MR) is 130 cm³/mol. The second-order valence-corrected chi connectivity index (χ2v) is 8.56. The van der Waals surface area contributed by atoms with Crippen molar-refractivity contribution in [1.29, 1.82) is 0 Å². The Morgan fingerprint density at radius 3 is 2.62 bits per heavy atom. The zero-order valence-corrected chi connectivity index (χ0v) is 18.8. The maximum atomic E-state index is 14.2. The van der Waals surface area contributed by atoms with Crippen molar-refractivity contribution < 1.29 is 13.5 Å². The van der Waals surface area contributed by atoms with Crippen LogP contribution < -0.4 is 15.2 Å². The van der Waals surface area contributed by atoms with E-state index in [1.54, 1.807) is 6.07 Å². The third-order valence-corrected chi connectivity index (χ3v) is 6.27. The second-order valence-electron chi connectivity index (χ2n) is 8.56. The molecular weight excluding hydrogens is 438 g/mol. The highest BCUT2D eigenvalue weighted by atomic mass is 19.1. The molecule has 0 unspecified atom stereocenters. The first-order valence-corrected chi connectivity index (χ1v) is 11.5. The number of fused-ring (bicyclic) bond motifs is 2. The van der Waals surface area contributed by atoms with E-state index in [9.17, 15) is 13.6 Å². The molecule has 176 valence electrons. The number of hydrogen-bond donors (Lipinski definition) is 1. The molecule has 1 fully saturated rings. The van der Waals surface area contributed by atoms with Crippen molar-refractivity contribution in [2.45, 2.75) is 12.8 Å². The highest BCUT2D eigenvalue weighted by molar-refractivity contribution is 5.94. The minimum Gasteiger partial charge on any atom is -0.476 e. The second kappa shape index (κ2) is 9.77. The molecule has 1 aliphatic rings. The number of aromatic nitrogens is 2. The zero-order chi connectivity index (χ0) is 23.5. The summed E-state index contributed by atoms with van der Waals surface area (Å²) >= 11 is 0.